The summed E-state index contributed by atoms with van der Waals surface area (Å²) in [5, 5.41) is 12.5. The number of rotatable bonds is 3. The van der Waals surface area contributed by atoms with E-state index in [1.807, 2.05) is 0 Å². The molecule has 0 aromatic heterocycles. The maximum absolute atomic E-state index is 12.0. The number of aliphatic hydroxyl groups excluding tert-OH is 1. The van der Waals surface area contributed by atoms with E-state index in [1.54, 1.807) is 4.90 Å². The third-order valence-electron chi connectivity index (χ3n) is 3.90. The van der Waals surface area contributed by atoms with Gasteiger partial charge in [0.15, 0.2) is 0 Å². The Hall–Kier alpha value is -0.850. The smallest absolute Gasteiger partial charge is 0.317 e. The van der Waals surface area contributed by atoms with Gasteiger partial charge in [-0.05, 0) is 19.8 Å². The molecule has 0 spiro atoms. The fourth-order valence-electron chi connectivity index (χ4n) is 2.63. The number of β-amino-alcohol motifs (C(OH)–C–C–N with tert-alkyl or cyclic N) is 1. The third kappa shape index (κ3) is 4.33. The Labute approximate surface area is 114 Å². The van der Waals surface area contributed by atoms with Crippen molar-refractivity contribution in [3.8, 4) is 0 Å². The zero-order valence-corrected chi connectivity index (χ0v) is 11.7. The van der Waals surface area contributed by atoms with Crippen LogP contribution < -0.4 is 5.32 Å². The van der Waals surface area contributed by atoms with Crippen LogP contribution in [0.4, 0.5) is 4.79 Å². The number of urea groups is 1. The Morgan fingerprint density at radius 2 is 2.16 bits per heavy atom. The molecule has 0 aromatic rings. The molecule has 6 nitrogen and oxygen atoms in total. The molecule has 0 aromatic carbocycles. The van der Waals surface area contributed by atoms with Crippen LogP contribution in [0.5, 0.6) is 0 Å². The van der Waals surface area contributed by atoms with Gasteiger partial charge in [0.2, 0.25) is 0 Å². The van der Waals surface area contributed by atoms with Crippen LogP contribution in [0.15, 0.2) is 0 Å². The van der Waals surface area contributed by atoms with Crippen LogP contribution in [0.2, 0.25) is 0 Å². The normalized spacial score (nSPS) is 27.1. The summed E-state index contributed by atoms with van der Waals surface area (Å²) >= 11 is 0. The highest BCUT2D eigenvalue weighted by Crippen LogP contribution is 2.10. The van der Waals surface area contributed by atoms with Gasteiger partial charge < -0.3 is 20.1 Å². The van der Waals surface area contributed by atoms with Gasteiger partial charge in [-0.25, -0.2) is 4.79 Å². The maximum Gasteiger partial charge on any atom is 0.317 e. The van der Waals surface area contributed by atoms with E-state index in [4.69, 9.17) is 4.74 Å². The first kappa shape index (κ1) is 14.6. The summed E-state index contributed by atoms with van der Waals surface area (Å²) in [5.41, 5.74) is 0. The lowest BCUT2D eigenvalue weighted by Gasteiger charge is -2.34. The number of hydrogen-bond acceptors (Lipinski definition) is 4. The van der Waals surface area contributed by atoms with Crippen LogP contribution in [-0.2, 0) is 4.74 Å². The van der Waals surface area contributed by atoms with Crippen molar-refractivity contribution in [2.24, 2.45) is 0 Å². The van der Waals surface area contributed by atoms with Gasteiger partial charge in [0, 0.05) is 38.8 Å². The second-order valence-electron chi connectivity index (χ2n) is 5.43. The highest BCUT2D eigenvalue weighted by molar-refractivity contribution is 5.74. The van der Waals surface area contributed by atoms with Crippen LogP contribution in [0.25, 0.3) is 0 Å². The number of carbonyl (C=O) groups excluding carboxylic acids is 1. The van der Waals surface area contributed by atoms with E-state index < -0.39 is 0 Å². The molecule has 2 saturated heterocycles. The lowest BCUT2D eigenvalue weighted by atomic mass is 10.1. The molecule has 2 amide bonds. The van der Waals surface area contributed by atoms with E-state index in [-0.39, 0.29) is 12.1 Å². The number of amides is 2. The highest BCUT2D eigenvalue weighted by Gasteiger charge is 2.23. The first-order valence-electron chi connectivity index (χ1n) is 7.19. The number of carbonyl (C=O) groups is 1. The van der Waals surface area contributed by atoms with E-state index in [0.29, 0.717) is 19.1 Å². The summed E-state index contributed by atoms with van der Waals surface area (Å²) in [4.78, 5) is 16.0. The number of morpholine rings is 1. The average molecular weight is 271 g/mol. The van der Waals surface area contributed by atoms with E-state index in [2.05, 4.69) is 17.1 Å². The average Bonchev–Trinajstić information content (AvgIpc) is 2.45. The quantitative estimate of drug-likeness (QED) is 0.751. The van der Waals surface area contributed by atoms with Crippen LogP contribution >= 0.6 is 0 Å². The first-order chi connectivity index (χ1) is 9.16. The number of aliphatic hydroxyl groups is 1. The Morgan fingerprint density at radius 1 is 1.42 bits per heavy atom. The van der Waals surface area contributed by atoms with Crippen molar-refractivity contribution in [3.05, 3.63) is 0 Å². The summed E-state index contributed by atoms with van der Waals surface area (Å²) < 4.78 is 5.32. The molecule has 2 heterocycles. The van der Waals surface area contributed by atoms with E-state index in [9.17, 15) is 9.90 Å². The van der Waals surface area contributed by atoms with Crippen molar-refractivity contribution in [1.29, 1.82) is 0 Å². The Kier molecular flexibility index (Phi) is 5.42. The number of nitrogens with one attached hydrogen (secondary N) is 1. The fourth-order valence-corrected chi connectivity index (χ4v) is 2.63. The van der Waals surface area contributed by atoms with E-state index >= 15 is 0 Å². The Balaban J connectivity index is 1.70. The molecule has 2 N–H and O–H groups in total. The molecule has 2 atom stereocenters. The molecule has 2 aliphatic rings. The van der Waals surface area contributed by atoms with Crippen LogP contribution in [-0.4, -0.2) is 79.0 Å². The number of piperidine rings is 1. The molecule has 0 radical (unpaired) electrons. The molecule has 2 unspecified atom stereocenters. The molecule has 0 bridgehead atoms. The predicted octanol–water partition coefficient (Wildman–Crippen LogP) is -0.127. The predicted molar refractivity (Wildman–Crippen MR) is 72.1 cm³/mol. The minimum absolute atomic E-state index is 0.0566. The zero-order valence-electron chi connectivity index (χ0n) is 11.7. The lowest BCUT2D eigenvalue weighted by Crippen LogP contribution is -2.51. The zero-order chi connectivity index (χ0) is 13.7. The molecule has 19 heavy (non-hydrogen) atoms. The van der Waals surface area contributed by atoms with Crippen molar-refractivity contribution in [2.45, 2.75) is 31.9 Å². The van der Waals surface area contributed by atoms with Crippen molar-refractivity contribution < 1.29 is 14.6 Å². The van der Waals surface area contributed by atoms with Crippen LogP contribution in [0.3, 0.4) is 0 Å². The molecule has 2 rings (SSSR count). The van der Waals surface area contributed by atoms with Crippen molar-refractivity contribution in [3.63, 3.8) is 0 Å². The van der Waals surface area contributed by atoms with Gasteiger partial charge >= 0.3 is 6.03 Å². The Morgan fingerprint density at radius 3 is 2.84 bits per heavy atom. The molecule has 2 fully saturated rings. The number of hydrogen-bond donors (Lipinski definition) is 2. The summed E-state index contributed by atoms with van der Waals surface area (Å²) in [5.74, 6) is 0. The topological polar surface area (TPSA) is 65.0 Å². The number of ether oxygens (including phenoxy) is 1. The summed E-state index contributed by atoms with van der Waals surface area (Å²) in [6.07, 6.45) is 1.32. The summed E-state index contributed by atoms with van der Waals surface area (Å²) in [7, 11) is 0. The molecule has 0 saturated carbocycles. The van der Waals surface area contributed by atoms with Crippen molar-refractivity contribution in [1.82, 2.24) is 15.1 Å². The van der Waals surface area contributed by atoms with Gasteiger partial charge in [0.05, 0.1) is 19.3 Å². The van der Waals surface area contributed by atoms with Gasteiger partial charge in [-0.15, -0.1) is 0 Å². The summed E-state index contributed by atoms with van der Waals surface area (Å²) in [6, 6.07) is 0.265. The van der Waals surface area contributed by atoms with Crippen molar-refractivity contribution in [2.75, 3.05) is 45.9 Å². The van der Waals surface area contributed by atoms with Gasteiger partial charge in [-0.2, -0.15) is 0 Å². The molecule has 0 aliphatic carbocycles. The minimum Gasteiger partial charge on any atom is -0.391 e. The van der Waals surface area contributed by atoms with Crippen LogP contribution in [0, 0.1) is 0 Å². The molecule has 110 valence electrons. The number of likely N-dealkylation sites (tertiary alicyclic amines) is 1. The maximum atomic E-state index is 12.0. The Bertz CT molecular complexity index is 295. The molecule has 2 aliphatic heterocycles. The third-order valence-corrected chi connectivity index (χ3v) is 3.90. The fraction of sp³-hybridized carbons (Fsp3) is 0.923. The van der Waals surface area contributed by atoms with Crippen molar-refractivity contribution >= 4 is 6.03 Å². The molecular weight excluding hydrogens is 246 g/mol. The van der Waals surface area contributed by atoms with Gasteiger partial charge in [0.25, 0.3) is 0 Å². The number of nitrogens with zero attached hydrogens (tertiary/aromatic N) is 2. The highest BCUT2D eigenvalue weighted by atomic mass is 16.5. The SMILES string of the molecule is CC(CNC(=O)N1CCCC(O)C1)N1CCOCC1. The molecule has 6 heteroatoms. The largest absolute Gasteiger partial charge is 0.391 e. The monoisotopic (exact) mass is 271 g/mol. The standard InChI is InChI=1S/C13H25N3O3/c1-11(15-5-7-19-8-6-15)9-14-13(18)16-4-2-3-12(17)10-16/h11-12,17H,2-10H2,1H3,(H,14,18). The van der Waals surface area contributed by atoms with E-state index in [1.165, 1.54) is 0 Å². The lowest BCUT2D eigenvalue weighted by molar-refractivity contribution is 0.0203. The van der Waals surface area contributed by atoms with Gasteiger partial charge in [-0.1, -0.05) is 0 Å². The summed E-state index contributed by atoms with van der Waals surface area (Å²) in [6.45, 7) is 7.38. The van der Waals surface area contributed by atoms with E-state index in [0.717, 1.165) is 45.7 Å². The second kappa shape index (κ2) is 7.07. The second-order valence-corrected chi connectivity index (χ2v) is 5.43. The van der Waals surface area contributed by atoms with Gasteiger partial charge in [0.1, 0.15) is 0 Å². The van der Waals surface area contributed by atoms with Crippen LogP contribution in [0.1, 0.15) is 19.8 Å². The first-order valence-corrected chi connectivity index (χ1v) is 7.19. The van der Waals surface area contributed by atoms with Gasteiger partial charge in [-0.3, -0.25) is 4.90 Å². The molecular formula is C13H25N3O3. The minimum atomic E-state index is -0.365.